The van der Waals surface area contributed by atoms with Crippen LogP contribution >= 0.6 is 0 Å². The number of aromatic nitrogens is 1. The lowest BCUT2D eigenvalue weighted by molar-refractivity contribution is -0.137. The van der Waals surface area contributed by atoms with E-state index in [4.69, 9.17) is 14.4 Å². The third-order valence-corrected chi connectivity index (χ3v) is 6.51. The molecule has 36 heavy (non-hydrogen) atoms. The first-order chi connectivity index (χ1) is 17.1. The van der Waals surface area contributed by atoms with Crippen molar-refractivity contribution in [1.29, 1.82) is 0 Å². The molecule has 2 aromatic carbocycles. The number of hydrogen-bond acceptors (Lipinski definition) is 5. The smallest absolute Gasteiger partial charge is 0.417 e. The molecule has 1 aliphatic rings. The first-order valence-electron chi connectivity index (χ1n) is 12.0. The van der Waals surface area contributed by atoms with E-state index in [-0.39, 0.29) is 22.7 Å². The van der Waals surface area contributed by atoms with Gasteiger partial charge in [0.1, 0.15) is 17.2 Å². The highest BCUT2D eigenvalue weighted by atomic mass is 19.4. The van der Waals surface area contributed by atoms with Gasteiger partial charge in [0, 0.05) is 23.6 Å². The number of ether oxygens (including phenoxy) is 1. The van der Waals surface area contributed by atoms with Gasteiger partial charge in [-0.15, -0.1) is 0 Å². The van der Waals surface area contributed by atoms with E-state index in [1.165, 1.54) is 24.3 Å². The zero-order chi connectivity index (χ0) is 25.9. The molecule has 4 rings (SSSR count). The summed E-state index contributed by atoms with van der Waals surface area (Å²) in [5, 5.41) is 13.1. The minimum atomic E-state index is -4.49. The molecule has 0 bridgehead atoms. The van der Waals surface area contributed by atoms with E-state index in [1.54, 1.807) is 18.2 Å². The van der Waals surface area contributed by atoms with Crippen molar-refractivity contribution in [2.45, 2.75) is 45.3 Å². The molecule has 192 valence electrons. The Bertz CT molecular complexity index is 1180. The van der Waals surface area contributed by atoms with E-state index in [2.05, 4.69) is 10.1 Å². The molecule has 6 nitrogen and oxygen atoms in total. The first kappa shape index (κ1) is 25.8. The van der Waals surface area contributed by atoms with Gasteiger partial charge in [0.05, 0.1) is 17.7 Å². The molecule has 2 heterocycles. The molecule has 1 aromatic heterocycles. The fourth-order valence-electron chi connectivity index (χ4n) is 4.52. The highest BCUT2D eigenvalue weighted by molar-refractivity contribution is 5.87. The standard InChI is InChI=1S/C27H29F3N2O4/c1-17(2)25-22(24(31-36-25)21-5-3-4-6-23(21)27(28,29)30)15-32-13-11-18(12-14-32)16-35-20-9-7-19(8-10-20)26(33)34/h3-10,17-18H,11-16H2,1-2H3,(H,33,34). The predicted molar refractivity (Wildman–Crippen MR) is 128 cm³/mol. The number of aromatic carboxylic acids is 1. The van der Waals surface area contributed by atoms with Gasteiger partial charge >= 0.3 is 12.1 Å². The number of carboxylic acids is 1. The van der Waals surface area contributed by atoms with Crippen LogP contribution in [0, 0.1) is 5.92 Å². The van der Waals surface area contributed by atoms with Crippen molar-refractivity contribution < 1.29 is 32.3 Å². The van der Waals surface area contributed by atoms with Crippen LogP contribution in [0.4, 0.5) is 13.2 Å². The Kier molecular flexibility index (Phi) is 7.68. The van der Waals surface area contributed by atoms with Crippen LogP contribution in [0.3, 0.4) is 0 Å². The van der Waals surface area contributed by atoms with Crippen LogP contribution in [0.25, 0.3) is 11.3 Å². The third-order valence-electron chi connectivity index (χ3n) is 6.51. The van der Waals surface area contributed by atoms with Gasteiger partial charge in [-0.3, -0.25) is 4.90 Å². The topological polar surface area (TPSA) is 75.8 Å². The van der Waals surface area contributed by atoms with Crippen molar-refractivity contribution >= 4 is 5.97 Å². The molecular weight excluding hydrogens is 473 g/mol. The predicted octanol–water partition coefficient (Wildman–Crippen LogP) is 6.47. The molecule has 0 saturated carbocycles. The van der Waals surface area contributed by atoms with Crippen molar-refractivity contribution in [1.82, 2.24) is 10.1 Å². The average Bonchev–Trinajstić information content (AvgIpc) is 3.27. The summed E-state index contributed by atoms with van der Waals surface area (Å²) >= 11 is 0. The maximum Gasteiger partial charge on any atom is 0.417 e. The molecule has 0 unspecified atom stereocenters. The Morgan fingerprint density at radius 3 is 2.42 bits per heavy atom. The normalized spacial score (nSPS) is 15.4. The van der Waals surface area contributed by atoms with Crippen LogP contribution in [-0.4, -0.2) is 40.8 Å². The Hall–Kier alpha value is -3.33. The van der Waals surface area contributed by atoms with E-state index in [0.717, 1.165) is 32.0 Å². The van der Waals surface area contributed by atoms with Crippen molar-refractivity contribution in [2.75, 3.05) is 19.7 Å². The second-order valence-corrected chi connectivity index (χ2v) is 9.43. The highest BCUT2D eigenvalue weighted by Crippen LogP contribution is 2.40. The Morgan fingerprint density at radius 2 is 1.81 bits per heavy atom. The van der Waals surface area contributed by atoms with Gasteiger partial charge in [-0.25, -0.2) is 4.79 Å². The highest BCUT2D eigenvalue weighted by Gasteiger charge is 2.35. The molecule has 1 N–H and O–H groups in total. The summed E-state index contributed by atoms with van der Waals surface area (Å²) in [5.41, 5.74) is 0.481. The molecule has 0 atom stereocenters. The Morgan fingerprint density at radius 1 is 1.14 bits per heavy atom. The summed E-state index contributed by atoms with van der Waals surface area (Å²) in [5.74, 6) is 0.571. The van der Waals surface area contributed by atoms with Crippen LogP contribution < -0.4 is 4.74 Å². The Balaban J connectivity index is 1.42. The van der Waals surface area contributed by atoms with Crippen molar-refractivity contribution in [3.05, 3.63) is 71.0 Å². The molecule has 0 amide bonds. The minimum Gasteiger partial charge on any atom is -0.493 e. The van der Waals surface area contributed by atoms with Gasteiger partial charge in [-0.1, -0.05) is 37.2 Å². The quantitative estimate of drug-likeness (QED) is 0.380. The maximum absolute atomic E-state index is 13.7. The number of piperidine rings is 1. The van der Waals surface area contributed by atoms with Gasteiger partial charge < -0.3 is 14.4 Å². The molecule has 1 saturated heterocycles. The number of nitrogens with zero attached hydrogens (tertiary/aromatic N) is 2. The molecule has 1 fully saturated rings. The second kappa shape index (κ2) is 10.7. The number of alkyl halides is 3. The average molecular weight is 503 g/mol. The van der Waals surface area contributed by atoms with E-state index >= 15 is 0 Å². The van der Waals surface area contributed by atoms with Crippen LogP contribution in [0.15, 0.2) is 53.1 Å². The van der Waals surface area contributed by atoms with Crippen molar-refractivity contribution in [3.8, 4) is 17.0 Å². The molecule has 1 aliphatic heterocycles. The molecule has 0 aliphatic carbocycles. The summed E-state index contributed by atoms with van der Waals surface area (Å²) in [6, 6.07) is 11.8. The van der Waals surface area contributed by atoms with Gasteiger partial charge in [0.15, 0.2) is 0 Å². The third kappa shape index (κ3) is 5.90. The number of carbonyl (C=O) groups is 1. The van der Waals surface area contributed by atoms with E-state index in [0.29, 0.717) is 36.1 Å². The largest absolute Gasteiger partial charge is 0.493 e. The number of likely N-dealkylation sites (tertiary alicyclic amines) is 1. The van der Waals surface area contributed by atoms with Gasteiger partial charge in [0.2, 0.25) is 0 Å². The number of rotatable bonds is 8. The number of hydrogen-bond donors (Lipinski definition) is 1. The summed E-state index contributed by atoms with van der Waals surface area (Å²) in [4.78, 5) is 13.2. The lowest BCUT2D eigenvalue weighted by atomic mass is 9.94. The van der Waals surface area contributed by atoms with E-state index in [1.807, 2.05) is 13.8 Å². The van der Waals surface area contributed by atoms with E-state index < -0.39 is 17.7 Å². The van der Waals surface area contributed by atoms with Gasteiger partial charge in [-0.05, 0) is 62.2 Å². The number of carboxylic acid groups (broad SMARTS) is 1. The molecule has 0 radical (unpaired) electrons. The van der Waals surface area contributed by atoms with Crippen molar-refractivity contribution in [3.63, 3.8) is 0 Å². The molecular formula is C27H29F3N2O4. The van der Waals surface area contributed by atoms with Gasteiger partial charge in [0.25, 0.3) is 0 Å². The summed E-state index contributed by atoms with van der Waals surface area (Å²) in [7, 11) is 0. The summed E-state index contributed by atoms with van der Waals surface area (Å²) in [6.07, 6.45) is -2.73. The SMILES string of the molecule is CC(C)c1onc(-c2ccccc2C(F)(F)F)c1CN1CCC(COc2ccc(C(=O)O)cc2)CC1. The van der Waals surface area contributed by atoms with E-state index in [9.17, 15) is 18.0 Å². The zero-order valence-electron chi connectivity index (χ0n) is 20.2. The summed E-state index contributed by atoms with van der Waals surface area (Å²) < 4.78 is 52.4. The Labute approximate surface area is 207 Å². The van der Waals surface area contributed by atoms with Crippen LogP contribution in [0.2, 0.25) is 0 Å². The van der Waals surface area contributed by atoms with Crippen LogP contribution in [-0.2, 0) is 12.7 Å². The number of halogens is 3. The van der Waals surface area contributed by atoms with Gasteiger partial charge in [-0.2, -0.15) is 13.2 Å². The number of benzene rings is 2. The second-order valence-electron chi connectivity index (χ2n) is 9.43. The van der Waals surface area contributed by atoms with Crippen LogP contribution in [0.1, 0.15) is 59.9 Å². The summed E-state index contributed by atoms with van der Waals surface area (Å²) in [6.45, 7) is 6.41. The monoisotopic (exact) mass is 502 g/mol. The lowest BCUT2D eigenvalue weighted by Crippen LogP contribution is -2.35. The fourth-order valence-corrected chi connectivity index (χ4v) is 4.52. The fraction of sp³-hybridized carbons (Fsp3) is 0.407. The first-order valence-corrected chi connectivity index (χ1v) is 12.0. The maximum atomic E-state index is 13.7. The molecule has 0 spiro atoms. The minimum absolute atomic E-state index is 0.0160. The van der Waals surface area contributed by atoms with Crippen molar-refractivity contribution in [2.24, 2.45) is 5.92 Å². The molecule has 3 aromatic rings. The lowest BCUT2D eigenvalue weighted by Gasteiger charge is -2.32. The van der Waals surface area contributed by atoms with Crippen LogP contribution in [0.5, 0.6) is 5.75 Å². The molecule has 9 heteroatoms. The zero-order valence-corrected chi connectivity index (χ0v) is 20.2.